The molecule has 5 aromatic carbocycles. The van der Waals surface area contributed by atoms with Crippen LogP contribution in [0.5, 0.6) is 5.75 Å². The first-order valence-electron chi connectivity index (χ1n) is 17.6. The van der Waals surface area contributed by atoms with Crippen molar-refractivity contribution in [1.29, 1.82) is 0 Å². The quantitative estimate of drug-likeness (QED) is 0.205. The zero-order chi connectivity index (χ0) is 35.6. The standard InChI is InChI=1S/C46H47N3O/c1-44(2,3)32-20-22-35(23-21-32)49-39-18-13-17-37(36-16-10-11-19-40(36)50)42(39)48-43(49)30-15-12-14-29(24-30)38-27-33(45(4,5)6)25-31-26-34(46(7,8)9)28-47-41(31)38/h10-28,50H,1-9H3. The minimum atomic E-state index is -0.0368. The molecule has 7 rings (SSSR count). The monoisotopic (exact) mass is 657 g/mol. The number of para-hydroxylation sites is 2. The number of phenolic OH excluding ortho intramolecular Hbond substituents is 1. The Kier molecular flexibility index (Phi) is 7.98. The molecule has 0 bridgehead atoms. The molecular formula is C46H47N3O. The van der Waals surface area contributed by atoms with Crippen LogP contribution in [0.4, 0.5) is 0 Å². The average Bonchev–Trinajstić information content (AvgIpc) is 3.47. The lowest BCUT2D eigenvalue weighted by molar-refractivity contribution is 0.477. The SMILES string of the molecule is CC(C)(C)c1ccc(-n2c(-c3cccc(-c4cc(C(C)(C)C)cc5cc(C(C)(C)C)cnc45)c3)nc3c(-c4ccccc4O)cccc32)cc1. The van der Waals surface area contributed by atoms with Crippen molar-refractivity contribution in [3.8, 4) is 45.1 Å². The number of aromatic hydroxyl groups is 1. The molecule has 2 heterocycles. The molecule has 0 aliphatic rings. The fraction of sp³-hybridized carbons (Fsp3) is 0.261. The van der Waals surface area contributed by atoms with E-state index in [0.29, 0.717) is 0 Å². The first kappa shape index (κ1) is 33.3. The van der Waals surface area contributed by atoms with E-state index in [1.807, 2.05) is 36.5 Å². The number of pyridine rings is 1. The lowest BCUT2D eigenvalue weighted by atomic mass is 9.82. The molecule has 0 saturated carbocycles. The second-order valence-corrected chi connectivity index (χ2v) is 16.7. The summed E-state index contributed by atoms with van der Waals surface area (Å²) in [5, 5.41) is 12.0. The van der Waals surface area contributed by atoms with Gasteiger partial charge in [-0.25, -0.2) is 4.98 Å². The van der Waals surface area contributed by atoms with Crippen LogP contribution in [0.1, 0.15) is 79.0 Å². The van der Waals surface area contributed by atoms with Crippen molar-refractivity contribution in [1.82, 2.24) is 14.5 Å². The third kappa shape index (κ3) is 6.08. The van der Waals surface area contributed by atoms with Gasteiger partial charge in [0.05, 0.1) is 16.6 Å². The van der Waals surface area contributed by atoms with Gasteiger partial charge in [0.15, 0.2) is 0 Å². The van der Waals surface area contributed by atoms with Gasteiger partial charge in [0.2, 0.25) is 0 Å². The Balaban J connectivity index is 1.48. The van der Waals surface area contributed by atoms with Crippen LogP contribution in [0.15, 0.2) is 115 Å². The highest BCUT2D eigenvalue weighted by Gasteiger charge is 2.23. The van der Waals surface area contributed by atoms with Gasteiger partial charge < -0.3 is 5.11 Å². The van der Waals surface area contributed by atoms with E-state index in [4.69, 9.17) is 9.97 Å². The normalized spacial score (nSPS) is 12.6. The molecule has 1 N–H and O–H groups in total. The van der Waals surface area contributed by atoms with Gasteiger partial charge >= 0.3 is 0 Å². The molecule has 4 heteroatoms. The average molecular weight is 658 g/mol. The maximum absolute atomic E-state index is 10.9. The van der Waals surface area contributed by atoms with E-state index < -0.39 is 0 Å². The summed E-state index contributed by atoms with van der Waals surface area (Å²) in [5.41, 5.74) is 12.5. The molecule has 7 aromatic rings. The van der Waals surface area contributed by atoms with Crippen LogP contribution < -0.4 is 0 Å². The van der Waals surface area contributed by atoms with Crippen molar-refractivity contribution < 1.29 is 5.11 Å². The number of hydrogen-bond donors (Lipinski definition) is 1. The fourth-order valence-corrected chi connectivity index (χ4v) is 6.72. The van der Waals surface area contributed by atoms with Crippen molar-refractivity contribution in [3.05, 3.63) is 132 Å². The molecule has 0 fully saturated rings. The van der Waals surface area contributed by atoms with E-state index in [1.54, 1.807) is 6.07 Å². The molecule has 0 atom stereocenters. The maximum atomic E-state index is 10.9. The maximum Gasteiger partial charge on any atom is 0.145 e. The topological polar surface area (TPSA) is 50.9 Å². The molecule has 0 radical (unpaired) electrons. The van der Waals surface area contributed by atoms with Crippen LogP contribution in [0, 0.1) is 0 Å². The number of hydrogen-bond acceptors (Lipinski definition) is 3. The predicted octanol–water partition coefficient (Wildman–Crippen LogP) is 12.2. The number of benzene rings is 5. The predicted molar refractivity (Wildman–Crippen MR) is 210 cm³/mol. The molecule has 2 aromatic heterocycles. The van der Waals surface area contributed by atoms with E-state index in [9.17, 15) is 5.11 Å². The summed E-state index contributed by atoms with van der Waals surface area (Å²) in [6.45, 7) is 20.2. The summed E-state index contributed by atoms with van der Waals surface area (Å²) < 4.78 is 2.25. The Hall–Kier alpha value is -5.22. The van der Waals surface area contributed by atoms with Gasteiger partial charge in [-0.2, -0.15) is 0 Å². The summed E-state index contributed by atoms with van der Waals surface area (Å²) >= 11 is 0. The van der Waals surface area contributed by atoms with Gasteiger partial charge in [-0.1, -0.05) is 123 Å². The van der Waals surface area contributed by atoms with Crippen molar-refractivity contribution in [2.24, 2.45) is 0 Å². The molecule has 252 valence electrons. The smallest absolute Gasteiger partial charge is 0.145 e. The summed E-state index contributed by atoms with van der Waals surface area (Å²) in [7, 11) is 0. The van der Waals surface area contributed by atoms with Crippen molar-refractivity contribution in [2.75, 3.05) is 0 Å². The summed E-state index contributed by atoms with van der Waals surface area (Å²) in [6.07, 6.45) is 2.04. The van der Waals surface area contributed by atoms with E-state index >= 15 is 0 Å². The molecule has 4 nitrogen and oxygen atoms in total. The Morgan fingerprint density at radius 2 is 1.14 bits per heavy atom. The highest BCUT2D eigenvalue weighted by molar-refractivity contribution is 5.98. The Morgan fingerprint density at radius 1 is 0.520 bits per heavy atom. The van der Waals surface area contributed by atoms with Crippen molar-refractivity contribution >= 4 is 21.9 Å². The number of imidazole rings is 1. The molecule has 0 amide bonds. The third-order valence-corrected chi connectivity index (χ3v) is 9.82. The van der Waals surface area contributed by atoms with E-state index in [-0.39, 0.29) is 22.0 Å². The van der Waals surface area contributed by atoms with Gasteiger partial charge in [-0.3, -0.25) is 9.55 Å². The number of nitrogens with zero attached hydrogens (tertiary/aromatic N) is 3. The second-order valence-electron chi connectivity index (χ2n) is 16.7. The van der Waals surface area contributed by atoms with Gasteiger partial charge in [-0.05, 0) is 87.0 Å². The largest absolute Gasteiger partial charge is 0.507 e. The summed E-state index contributed by atoms with van der Waals surface area (Å²) in [5.74, 6) is 1.08. The van der Waals surface area contributed by atoms with E-state index in [1.165, 1.54) is 16.7 Å². The molecule has 0 unspecified atom stereocenters. The minimum absolute atomic E-state index is 0.00142. The molecule has 0 spiro atoms. The second kappa shape index (κ2) is 12.0. The van der Waals surface area contributed by atoms with Crippen LogP contribution in [-0.4, -0.2) is 19.6 Å². The minimum Gasteiger partial charge on any atom is -0.507 e. The summed E-state index contributed by atoms with van der Waals surface area (Å²) in [4.78, 5) is 10.5. The molecule has 0 saturated heterocycles. The Bertz CT molecular complexity index is 2370. The van der Waals surface area contributed by atoms with Crippen LogP contribution in [0.2, 0.25) is 0 Å². The summed E-state index contributed by atoms with van der Waals surface area (Å²) in [6, 6.07) is 38.2. The van der Waals surface area contributed by atoms with Gasteiger partial charge in [0.1, 0.15) is 11.6 Å². The fourth-order valence-electron chi connectivity index (χ4n) is 6.72. The van der Waals surface area contributed by atoms with Crippen LogP contribution in [0.3, 0.4) is 0 Å². The lowest BCUT2D eigenvalue weighted by Crippen LogP contribution is -2.13. The van der Waals surface area contributed by atoms with E-state index in [0.717, 1.165) is 61.3 Å². The van der Waals surface area contributed by atoms with Gasteiger partial charge in [0, 0.05) is 39.5 Å². The molecule has 50 heavy (non-hydrogen) atoms. The molecule has 0 aliphatic heterocycles. The number of aromatic nitrogens is 3. The van der Waals surface area contributed by atoms with Gasteiger partial charge in [0.25, 0.3) is 0 Å². The Morgan fingerprint density at radius 3 is 1.82 bits per heavy atom. The van der Waals surface area contributed by atoms with Crippen LogP contribution >= 0.6 is 0 Å². The third-order valence-electron chi connectivity index (χ3n) is 9.82. The first-order valence-corrected chi connectivity index (χ1v) is 17.6. The number of phenols is 1. The van der Waals surface area contributed by atoms with Crippen LogP contribution in [-0.2, 0) is 16.2 Å². The molecular weight excluding hydrogens is 611 g/mol. The van der Waals surface area contributed by atoms with E-state index in [2.05, 4.69) is 140 Å². The Labute approximate surface area is 296 Å². The lowest BCUT2D eigenvalue weighted by Gasteiger charge is -2.23. The van der Waals surface area contributed by atoms with Gasteiger partial charge in [-0.15, -0.1) is 0 Å². The zero-order valence-corrected chi connectivity index (χ0v) is 30.8. The number of rotatable bonds is 4. The molecule has 0 aliphatic carbocycles. The highest BCUT2D eigenvalue weighted by Crippen LogP contribution is 2.40. The van der Waals surface area contributed by atoms with Crippen molar-refractivity contribution in [2.45, 2.75) is 78.6 Å². The zero-order valence-electron chi connectivity index (χ0n) is 30.8. The van der Waals surface area contributed by atoms with Crippen molar-refractivity contribution in [3.63, 3.8) is 0 Å². The number of fused-ring (bicyclic) bond motifs is 2. The highest BCUT2D eigenvalue weighted by atomic mass is 16.3. The van der Waals surface area contributed by atoms with Crippen LogP contribution in [0.25, 0.3) is 61.3 Å². The first-order chi connectivity index (χ1) is 23.6.